The Morgan fingerprint density at radius 1 is 1.24 bits per heavy atom. The predicted octanol–water partition coefficient (Wildman–Crippen LogP) is 3.84. The van der Waals surface area contributed by atoms with Crippen LogP contribution in [0.15, 0.2) is 36.4 Å². The number of carbonyl (C=O) groups excluding carboxylic acids is 1. The summed E-state index contributed by atoms with van der Waals surface area (Å²) in [6, 6.07) is 9.25. The van der Waals surface area contributed by atoms with Gasteiger partial charge in [-0.2, -0.15) is 0 Å². The summed E-state index contributed by atoms with van der Waals surface area (Å²) in [5.41, 5.74) is 0.711. The van der Waals surface area contributed by atoms with E-state index in [1.165, 1.54) is 23.5 Å². The minimum absolute atomic E-state index is 0.0359. The summed E-state index contributed by atoms with van der Waals surface area (Å²) in [6.45, 7) is 0.169. The van der Waals surface area contributed by atoms with Gasteiger partial charge < -0.3 is 5.32 Å². The number of carbonyl (C=O) groups is 1. The molecule has 0 bridgehead atoms. The summed E-state index contributed by atoms with van der Waals surface area (Å²) in [4.78, 5) is 12.3. The molecule has 2 nitrogen and oxygen atoms in total. The van der Waals surface area contributed by atoms with Gasteiger partial charge in [0.25, 0.3) is 0 Å². The molecule has 0 radical (unpaired) electrons. The van der Waals surface area contributed by atoms with Crippen LogP contribution in [0.3, 0.4) is 0 Å². The van der Waals surface area contributed by atoms with Crippen LogP contribution in [0.2, 0.25) is 4.34 Å². The molecule has 17 heavy (non-hydrogen) atoms. The minimum Gasteiger partial charge on any atom is -0.378 e. The van der Waals surface area contributed by atoms with E-state index in [1.54, 1.807) is 24.3 Å². The van der Waals surface area contributed by atoms with Crippen LogP contribution in [0.5, 0.6) is 0 Å². The second-order valence-corrected chi connectivity index (χ2v) is 5.10. The first kappa shape index (κ1) is 12.1. The van der Waals surface area contributed by atoms with Crippen molar-refractivity contribution in [1.29, 1.82) is 0 Å². The van der Waals surface area contributed by atoms with Gasteiger partial charge in [0.05, 0.1) is 15.8 Å². The number of hydrogen-bond donors (Lipinski definition) is 1. The molecule has 0 saturated heterocycles. The van der Waals surface area contributed by atoms with Crippen LogP contribution < -0.4 is 5.32 Å². The third-order valence-corrected chi connectivity index (χ3v) is 3.42. The summed E-state index contributed by atoms with van der Waals surface area (Å²) in [6.07, 6.45) is 0. The highest BCUT2D eigenvalue weighted by Crippen LogP contribution is 2.21. The number of Topliss-reactive ketones (excluding diaryl/α,β-unsaturated/α-hetero) is 1. The lowest BCUT2D eigenvalue weighted by molar-refractivity contribution is 0.101. The van der Waals surface area contributed by atoms with Crippen molar-refractivity contribution in [2.45, 2.75) is 0 Å². The summed E-state index contributed by atoms with van der Waals surface area (Å²) in [5, 5.41) is 2.93. The summed E-state index contributed by atoms with van der Waals surface area (Å²) >= 11 is 6.99. The van der Waals surface area contributed by atoms with Crippen molar-refractivity contribution in [1.82, 2.24) is 0 Å². The molecule has 0 amide bonds. The van der Waals surface area contributed by atoms with Gasteiger partial charge in [-0.3, -0.25) is 4.79 Å². The van der Waals surface area contributed by atoms with Crippen molar-refractivity contribution in [3.63, 3.8) is 0 Å². The number of nitrogens with one attached hydrogen (secondary N) is 1. The molecule has 0 fully saturated rings. The fourth-order valence-electron chi connectivity index (χ4n) is 1.30. The Bertz CT molecular complexity index is 524. The zero-order valence-corrected chi connectivity index (χ0v) is 10.3. The smallest absolute Gasteiger partial charge is 0.191 e. The van der Waals surface area contributed by atoms with E-state index >= 15 is 0 Å². The van der Waals surface area contributed by atoms with Crippen LogP contribution in [0.4, 0.5) is 10.1 Å². The van der Waals surface area contributed by atoms with E-state index in [4.69, 9.17) is 11.6 Å². The average molecular weight is 270 g/mol. The normalized spacial score (nSPS) is 10.2. The predicted molar refractivity (Wildman–Crippen MR) is 68.5 cm³/mol. The van der Waals surface area contributed by atoms with Crippen LogP contribution >= 0.6 is 22.9 Å². The summed E-state index contributed by atoms with van der Waals surface area (Å²) in [5.74, 6) is -0.335. The lowest BCUT2D eigenvalue weighted by Crippen LogP contribution is -2.12. The van der Waals surface area contributed by atoms with Crippen molar-refractivity contribution >= 4 is 34.4 Å². The Labute approximate surface area is 107 Å². The molecule has 0 unspecified atom stereocenters. The Morgan fingerprint density at radius 2 is 1.94 bits per heavy atom. The molecule has 1 aromatic carbocycles. The molecular weight excluding hydrogens is 261 g/mol. The first-order chi connectivity index (χ1) is 8.15. The topological polar surface area (TPSA) is 29.1 Å². The maximum absolute atomic E-state index is 12.6. The molecule has 0 aliphatic heterocycles. The molecular formula is C12H9ClFNOS. The Morgan fingerprint density at radius 3 is 2.53 bits per heavy atom. The van der Waals surface area contributed by atoms with Gasteiger partial charge in [0.15, 0.2) is 5.78 Å². The van der Waals surface area contributed by atoms with Crippen LogP contribution in [0.25, 0.3) is 0 Å². The second-order valence-electron chi connectivity index (χ2n) is 3.39. The molecule has 88 valence electrons. The van der Waals surface area contributed by atoms with E-state index in [0.29, 0.717) is 14.9 Å². The average Bonchev–Trinajstić information content (AvgIpc) is 2.75. The number of thiophene rings is 1. The molecule has 1 N–H and O–H groups in total. The number of ketones is 1. The quantitative estimate of drug-likeness (QED) is 0.855. The maximum atomic E-state index is 12.6. The molecule has 1 heterocycles. The van der Waals surface area contributed by atoms with Gasteiger partial charge in [-0.1, -0.05) is 11.6 Å². The largest absolute Gasteiger partial charge is 0.378 e. The SMILES string of the molecule is O=C(CNc1ccc(F)cc1)c1ccc(Cl)s1. The van der Waals surface area contributed by atoms with Gasteiger partial charge in [-0.05, 0) is 36.4 Å². The van der Waals surface area contributed by atoms with Gasteiger partial charge in [0.2, 0.25) is 0 Å². The van der Waals surface area contributed by atoms with E-state index in [1.807, 2.05) is 0 Å². The Balaban J connectivity index is 1.94. The molecule has 0 spiro atoms. The van der Waals surface area contributed by atoms with Gasteiger partial charge >= 0.3 is 0 Å². The molecule has 0 saturated carbocycles. The van der Waals surface area contributed by atoms with Crippen LogP contribution in [0, 0.1) is 5.82 Å². The molecule has 2 aromatic rings. The van der Waals surface area contributed by atoms with E-state index in [0.717, 1.165) is 0 Å². The van der Waals surface area contributed by atoms with Crippen molar-refractivity contribution < 1.29 is 9.18 Å². The van der Waals surface area contributed by atoms with Crippen molar-refractivity contribution in [3.05, 3.63) is 51.4 Å². The first-order valence-electron chi connectivity index (χ1n) is 4.93. The summed E-state index contributed by atoms with van der Waals surface area (Å²) < 4.78 is 13.2. The Kier molecular flexibility index (Phi) is 3.76. The zero-order valence-electron chi connectivity index (χ0n) is 8.74. The van der Waals surface area contributed by atoms with Gasteiger partial charge in [-0.25, -0.2) is 4.39 Å². The molecule has 1 aromatic heterocycles. The molecule has 0 atom stereocenters. The number of anilines is 1. The molecule has 2 rings (SSSR count). The van der Waals surface area contributed by atoms with Gasteiger partial charge in [-0.15, -0.1) is 11.3 Å². The third-order valence-electron chi connectivity index (χ3n) is 2.15. The van der Waals surface area contributed by atoms with E-state index < -0.39 is 0 Å². The van der Waals surface area contributed by atoms with E-state index in [9.17, 15) is 9.18 Å². The second kappa shape index (κ2) is 5.29. The van der Waals surface area contributed by atoms with Crippen LogP contribution in [-0.4, -0.2) is 12.3 Å². The zero-order chi connectivity index (χ0) is 12.3. The van der Waals surface area contributed by atoms with E-state index in [2.05, 4.69) is 5.32 Å². The lowest BCUT2D eigenvalue weighted by Gasteiger charge is -2.04. The van der Waals surface area contributed by atoms with Crippen molar-refractivity contribution in [3.8, 4) is 0 Å². The van der Waals surface area contributed by atoms with Gasteiger partial charge in [0.1, 0.15) is 5.82 Å². The van der Waals surface area contributed by atoms with E-state index in [-0.39, 0.29) is 18.1 Å². The standard InChI is InChI=1S/C12H9ClFNOS/c13-12-6-5-11(17-12)10(16)7-15-9-3-1-8(14)2-4-9/h1-6,15H,7H2. The van der Waals surface area contributed by atoms with Gasteiger partial charge in [0, 0.05) is 5.69 Å². The number of hydrogen-bond acceptors (Lipinski definition) is 3. The highest BCUT2D eigenvalue weighted by Gasteiger charge is 2.08. The monoisotopic (exact) mass is 269 g/mol. The van der Waals surface area contributed by atoms with Crippen LogP contribution in [0.1, 0.15) is 9.67 Å². The summed E-state index contributed by atoms with van der Waals surface area (Å²) in [7, 11) is 0. The fourth-order valence-corrected chi connectivity index (χ4v) is 2.28. The number of benzene rings is 1. The molecule has 5 heteroatoms. The molecule has 0 aliphatic rings. The maximum Gasteiger partial charge on any atom is 0.191 e. The lowest BCUT2D eigenvalue weighted by atomic mass is 10.3. The highest BCUT2D eigenvalue weighted by molar-refractivity contribution is 7.18. The first-order valence-corrected chi connectivity index (χ1v) is 6.12. The van der Waals surface area contributed by atoms with Crippen molar-refractivity contribution in [2.75, 3.05) is 11.9 Å². The van der Waals surface area contributed by atoms with Crippen molar-refractivity contribution in [2.24, 2.45) is 0 Å². The molecule has 0 aliphatic carbocycles. The minimum atomic E-state index is -0.299. The van der Waals surface area contributed by atoms with Crippen LogP contribution in [-0.2, 0) is 0 Å². The third kappa shape index (κ3) is 3.28. The highest BCUT2D eigenvalue weighted by atomic mass is 35.5. The number of halogens is 2. The fraction of sp³-hybridized carbons (Fsp3) is 0.0833. The number of rotatable bonds is 4. The Hall–Kier alpha value is -1.39.